The summed E-state index contributed by atoms with van der Waals surface area (Å²) < 4.78 is 0. The molecule has 0 fully saturated rings. The van der Waals surface area contributed by atoms with Gasteiger partial charge in [-0.2, -0.15) is 0 Å². The average Bonchev–Trinajstić information content (AvgIpc) is 2.68. The van der Waals surface area contributed by atoms with Gasteiger partial charge >= 0.3 is 0 Å². The molecule has 0 radical (unpaired) electrons. The largest absolute Gasteiger partial charge is 0.0735 e. The SMILES string of the molecule is CCC(C)(C)C1(C(C)(C)CC)C=CC=C1. The van der Waals surface area contributed by atoms with Gasteiger partial charge in [-0.15, -0.1) is 0 Å². The van der Waals surface area contributed by atoms with Crippen LogP contribution in [0.5, 0.6) is 0 Å². The van der Waals surface area contributed by atoms with Crippen LogP contribution in [0.1, 0.15) is 54.4 Å². The maximum Gasteiger partial charge on any atom is 0.0169 e. The van der Waals surface area contributed by atoms with Gasteiger partial charge in [0, 0.05) is 5.41 Å². The monoisotopic (exact) mass is 206 g/mol. The van der Waals surface area contributed by atoms with Crippen LogP contribution in [0.3, 0.4) is 0 Å². The van der Waals surface area contributed by atoms with Crippen molar-refractivity contribution >= 4 is 0 Å². The Hall–Kier alpha value is -0.520. The van der Waals surface area contributed by atoms with Crippen molar-refractivity contribution in [3.8, 4) is 0 Å². The number of rotatable bonds is 4. The lowest BCUT2D eigenvalue weighted by Crippen LogP contribution is -2.45. The third kappa shape index (κ3) is 1.68. The molecule has 0 aliphatic heterocycles. The Labute approximate surface area is 95.5 Å². The summed E-state index contributed by atoms with van der Waals surface area (Å²) >= 11 is 0. The summed E-state index contributed by atoms with van der Waals surface area (Å²) in [7, 11) is 0. The van der Waals surface area contributed by atoms with Gasteiger partial charge < -0.3 is 0 Å². The van der Waals surface area contributed by atoms with Crippen molar-refractivity contribution in [2.45, 2.75) is 54.4 Å². The minimum Gasteiger partial charge on any atom is -0.0735 e. The van der Waals surface area contributed by atoms with Gasteiger partial charge in [-0.05, 0) is 23.7 Å². The van der Waals surface area contributed by atoms with E-state index in [1.165, 1.54) is 12.8 Å². The number of allylic oxidation sites excluding steroid dienone is 4. The summed E-state index contributed by atoms with van der Waals surface area (Å²) in [6.45, 7) is 14.2. The molecule has 0 aromatic carbocycles. The second-order valence-electron chi connectivity index (χ2n) is 6.06. The molecule has 15 heavy (non-hydrogen) atoms. The van der Waals surface area contributed by atoms with Gasteiger partial charge in [0.1, 0.15) is 0 Å². The lowest BCUT2D eigenvalue weighted by Gasteiger charge is -2.52. The summed E-state index contributed by atoms with van der Waals surface area (Å²) in [4.78, 5) is 0. The first-order chi connectivity index (χ1) is 6.83. The molecule has 0 heterocycles. The molecule has 0 atom stereocenters. The first-order valence-corrected chi connectivity index (χ1v) is 6.20. The molecule has 0 N–H and O–H groups in total. The summed E-state index contributed by atoms with van der Waals surface area (Å²) in [5, 5.41) is 0. The van der Waals surface area contributed by atoms with Crippen molar-refractivity contribution in [3.63, 3.8) is 0 Å². The first-order valence-electron chi connectivity index (χ1n) is 6.20. The normalized spacial score (nSPS) is 19.9. The van der Waals surface area contributed by atoms with Gasteiger partial charge in [-0.25, -0.2) is 0 Å². The molecule has 0 bridgehead atoms. The molecule has 0 aromatic heterocycles. The first kappa shape index (κ1) is 12.5. The van der Waals surface area contributed by atoms with Crippen LogP contribution in [0.15, 0.2) is 24.3 Å². The van der Waals surface area contributed by atoms with Crippen molar-refractivity contribution in [2.75, 3.05) is 0 Å². The summed E-state index contributed by atoms with van der Waals surface area (Å²) in [6, 6.07) is 0. The molecule has 0 aromatic rings. The van der Waals surface area contributed by atoms with Crippen molar-refractivity contribution in [2.24, 2.45) is 16.2 Å². The van der Waals surface area contributed by atoms with Gasteiger partial charge in [0.25, 0.3) is 0 Å². The van der Waals surface area contributed by atoms with Crippen LogP contribution in [0.2, 0.25) is 0 Å². The Balaban J connectivity index is 3.23. The number of hydrogen-bond acceptors (Lipinski definition) is 0. The number of hydrogen-bond donors (Lipinski definition) is 0. The van der Waals surface area contributed by atoms with E-state index in [9.17, 15) is 0 Å². The van der Waals surface area contributed by atoms with Crippen LogP contribution in [0, 0.1) is 16.2 Å². The predicted molar refractivity (Wildman–Crippen MR) is 68.9 cm³/mol. The lowest BCUT2D eigenvalue weighted by atomic mass is 9.52. The van der Waals surface area contributed by atoms with Crippen molar-refractivity contribution in [1.82, 2.24) is 0 Å². The molecule has 0 heteroatoms. The molecule has 0 nitrogen and oxygen atoms in total. The molecular weight excluding hydrogens is 180 g/mol. The van der Waals surface area contributed by atoms with Crippen molar-refractivity contribution in [3.05, 3.63) is 24.3 Å². The average molecular weight is 206 g/mol. The maximum atomic E-state index is 2.42. The van der Waals surface area contributed by atoms with E-state index in [1.807, 2.05) is 0 Å². The highest BCUT2D eigenvalue weighted by Gasteiger charge is 2.50. The van der Waals surface area contributed by atoms with E-state index in [1.54, 1.807) is 0 Å². The zero-order valence-corrected chi connectivity index (χ0v) is 11.2. The molecule has 0 spiro atoms. The molecular formula is C15H26. The van der Waals surface area contributed by atoms with Gasteiger partial charge in [0.05, 0.1) is 0 Å². The van der Waals surface area contributed by atoms with Gasteiger partial charge in [-0.1, -0.05) is 65.8 Å². The quantitative estimate of drug-likeness (QED) is 0.609. The minimum atomic E-state index is 0.226. The Morgan fingerprint density at radius 3 is 1.40 bits per heavy atom. The maximum absolute atomic E-state index is 2.42. The topological polar surface area (TPSA) is 0 Å². The minimum absolute atomic E-state index is 0.226. The van der Waals surface area contributed by atoms with Gasteiger partial charge in [0.15, 0.2) is 0 Å². The second-order valence-corrected chi connectivity index (χ2v) is 6.06. The van der Waals surface area contributed by atoms with E-state index < -0.39 is 0 Å². The van der Waals surface area contributed by atoms with Crippen molar-refractivity contribution < 1.29 is 0 Å². The van der Waals surface area contributed by atoms with Gasteiger partial charge in [0.2, 0.25) is 0 Å². The van der Waals surface area contributed by atoms with E-state index in [4.69, 9.17) is 0 Å². The smallest absolute Gasteiger partial charge is 0.0169 e. The van der Waals surface area contributed by atoms with Crippen LogP contribution in [0.25, 0.3) is 0 Å². The Kier molecular flexibility index (Phi) is 3.19. The third-order valence-electron chi connectivity index (χ3n) is 4.84. The molecule has 1 aliphatic rings. The lowest BCUT2D eigenvalue weighted by molar-refractivity contribution is 0.0341. The zero-order valence-electron chi connectivity index (χ0n) is 11.2. The Morgan fingerprint density at radius 2 is 1.13 bits per heavy atom. The predicted octanol–water partition coefficient (Wildman–Crippen LogP) is 4.97. The van der Waals surface area contributed by atoms with Crippen LogP contribution < -0.4 is 0 Å². The van der Waals surface area contributed by atoms with E-state index in [0.717, 1.165) is 0 Å². The molecule has 0 amide bonds. The summed E-state index contributed by atoms with van der Waals surface area (Å²) in [6.07, 6.45) is 11.7. The van der Waals surface area contributed by atoms with E-state index in [-0.39, 0.29) is 5.41 Å². The molecule has 1 aliphatic carbocycles. The van der Waals surface area contributed by atoms with Crippen LogP contribution >= 0.6 is 0 Å². The zero-order chi connectivity index (χ0) is 11.7. The Bertz CT molecular complexity index is 246. The molecule has 1 rings (SSSR count). The molecule has 86 valence electrons. The van der Waals surface area contributed by atoms with E-state index >= 15 is 0 Å². The fourth-order valence-electron chi connectivity index (χ4n) is 2.87. The second kappa shape index (κ2) is 3.81. The van der Waals surface area contributed by atoms with Crippen molar-refractivity contribution in [1.29, 1.82) is 0 Å². The van der Waals surface area contributed by atoms with Gasteiger partial charge in [-0.3, -0.25) is 0 Å². The highest BCUT2D eigenvalue weighted by Crippen LogP contribution is 2.58. The standard InChI is InChI=1S/C15H26/c1-7-13(3,4)15(11-9-10-12-15)14(5,6)8-2/h9-12H,7-8H2,1-6H3. The highest BCUT2D eigenvalue weighted by molar-refractivity contribution is 5.31. The van der Waals surface area contributed by atoms with Crippen LogP contribution in [0.4, 0.5) is 0 Å². The van der Waals surface area contributed by atoms with E-state index in [2.05, 4.69) is 65.8 Å². The fraction of sp³-hybridized carbons (Fsp3) is 0.733. The summed E-state index contributed by atoms with van der Waals surface area (Å²) in [5.41, 5.74) is 0.884. The molecule has 0 unspecified atom stereocenters. The molecule has 0 saturated carbocycles. The highest BCUT2D eigenvalue weighted by atomic mass is 14.5. The fourth-order valence-corrected chi connectivity index (χ4v) is 2.87. The Morgan fingerprint density at radius 1 is 0.800 bits per heavy atom. The van der Waals surface area contributed by atoms with Crippen LogP contribution in [-0.2, 0) is 0 Å². The van der Waals surface area contributed by atoms with Crippen LogP contribution in [-0.4, -0.2) is 0 Å². The van der Waals surface area contributed by atoms with E-state index in [0.29, 0.717) is 10.8 Å². The third-order valence-corrected chi connectivity index (χ3v) is 4.84. The summed E-state index contributed by atoms with van der Waals surface area (Å²) in [5.74, 6) is 0. The molecule has 0 saturated heterocycles.